The molecular formula is C23H28N4O2. The van der Waals surface area contributed by atoms with E-state index in [4.69, 9.17) is 4.74 Å². The molecule has 0 spiro atoms. The first kappa shape index (κ1) is 19.6. The van der Waals surface area contributed by atoms with Crippen LogP contribution in [0.5, 0.6) is 0 Å². The Kier molecular flexibility index (Phi) is 5.92. The predicted molar refractivity (Wildman–Crippen MR) is 114 cm³/mol. The number of pyridine rings is 1. The van der Waals surface area contributed by atoms with E-state index in [1.807, 2.05) is 47.2 Å². The lowest BCUT2D eigenvalue weighted by Gasteiger charge is -2.39. The van der Waals surface area contributed by atoms with Gasteiger partial charge in [-0.3, -0.25) is 14.7 Å². The second kappa shape index (κ2) is 8.76. The molecular weight excluding hydrogens is 364 g/mol. The first-order chi connectivity index (χ1) is 14.2. The van der Waals surface area contributed by atoms with E-state index in [0.29, 0.717) is 24.2 Å². The summed E-state index contributed by atoms with van der Waals surface area (Å²) in [4.78, 5) is 19.4. The van der Waals surface area contributed by atoms with Crippen molar-refractivity contribution >= 4 is 16.8 Å². The van der Waals surface area contributed by atoms with Crippen LogP contribution >= 0.6 is 0 Å². The number of morpholine rings is 1. The Balaban J connectivity index is 1.48. The summed E-state index contributed by atoms with van der Waals surface area (Å²) in [5, 5.41) is 4.06. The molecule has 1 aliphatic heterocycles. The highest BCUT2D eigenvalue weighted by Crippen LogP contribution is 2.24. The Morgan fingerprint density at radius 3 is 2.72 bits per heavy atom. The molecule has 152 valence electrons. The molecule has 0 radical (unpaired) electrons. The minimum Gasteiger partial charge on any atom is -0.378 e. The van der Waals surface area contributed by atoms with Crippen molar-refractivity contribution in [3.63, 3.8) is 0 Å². The topological polar surface area (TPSA) is 59.4 Å². The summed E-state index contributed by atoms with van der Waals surface area (Å²) < 4.78 is 7.79. The summed E-state index contributed by atoms with van der Waals surface area (Å²) >= 11 is 0. The van der Waals surface area contributed by atoms with E-state index in [2.05, 4.69) is 29.2 Å². The minimum absolute atomic E-state index is 0.0413. The number of benzene rings is 1. The molecule has 4 rings (SSSR count). The first-order valence-electron chi connectivity index (χ1n) is 10.3. The smallest absolute Gasteiger partial charge is 0.253 e. The van der Waals surface area contributed by atoms with E-state index in [1.165, 1.54) is 0 Å². The van der Waals surface area contributed by atoms with Gasteiger partial charge in [0.1, 0.15) is 0 Å². The number of ether oxygens (including phenoxy) is 1. The lowest BCUT2D eigenvalue weighted by Crippen LogP contribution is -2.50. The van der Waals surface area contributed by atoms with Gasteiger partial charge >= 0.3 is 0 Å². The van der Waals surface area contributed by atoms with E-state index in [1.54, 1.807) is 12.4 Å². The minimum atomic E-state index is -0.0413. The van der Waals surface area contributed by atoms with Gasteiger partial charge in [0.05, 0.1) is 24.3 Å². The van der Waals surface area contributed by atoms with Crippen molar-refractivity contribution in [2.24, 2.45) is 0 Å². The number of nitrogens with one attached hydrogen (secondary N) is 1. The van der Waals surface area contributed by atoms with Gasteiger partial charge < -0.3 is 14.6 Å². The Bertz CT molecular complexity index is 969. The zero-order chi connectivity index (χ0) is 20.2. The molecule has 3 aromatic rings. The highest BCUT2D eigenvalue weighted by atomic mass is 16.5. The van der Waals surface area contributed by atoms with Crippen molar-refractivity contribution in [3.05, 3.63) is 60.6 Å². The van der Waals surface area contributed by atoms with Gasteiger partial charge in [0.25, 0.3) is 5.91 Å². The maximum absolute atomic E-state index is 13.0. The largest absolute Gasteiger partial charge is 0.378 e. The molecule has 6 heteroatoms. The molecule has 1 saturated heterocycles. The monoisotopic (exact) mass is 392 g/mol. The van der Waals surface area contributed by atoms with Crippen LogP contribution in [0.25, 0.3) is 16.6 Å². The third-order valence-corrected chi connectivity index (χ3v) is 5.90. The van der Waals surface area contributed by atoms with Crippen molar-refractivity contribution in [2.75, 3.05) is 26.8 Å². The van der Waals surface area contributed by atoms with Crippen LogP contribution in [0.3, 0.4) is 0 Å². The van der Waals surface area contributed by atoms with Crippen LogP contribution < -0.4 is 5.32 Å². The first-order valence-corrected chi connectivity index (χ1v) is 10.3. The average molecular weight is 393 g/mol. The lowest BCUT2D eigenvalue weighted by molar-refractivity contribution is -0.0389. The number of hydrogen-bond donors (Lipinski definition) is 1. The summed E-state index contributed by atoms with van der Waals surface area (Å²) in [5.74, 6) is -0.0413. The van der Waals surface area contributed by atoms with Crippen molar-refractivity contribution in [2.45, 2.75) is 31.8 Å². The number of likely N-dealkylation sites (N-methyl/N-ethyl adjacent to an activating group) is 1. The fourth-order valence-electron chi connectivity index (χ4n) is 4.09. The standard InChI is InChI=1S/C23H28N4O2/c1-3-17-15-29-16-19(26(17)2)10-13-25-23(28)21-14-27(18-8-11-24-12-9-18)22-7-5-4-6-20(21)22/h4-9,11-12,14,17,19H,3,10,13,15-16H2,1-2H3,(H,25,28)/t17-,19-/m0/s1. The summed E-state index contributed by atoms with van der Waals surface area (Å²) in [6.45, 7) is 4.34. The predicted octanol–water partition coefficient (Wildman–Crippen LogP) is 3.25. The highest BCUT2D eigenvalue weighted by Gasteiger charge is 2.26. The van der Waals surface area contributed by atoms with Crippen LogP contribution in [-0.2, 0) is 4.74 Å². The molecule has 0 bridgehead atoms. The van der Waals surface area contributed by atoms with Crippen LogP contribution in [-0.4, -0.2) is 59.2 Å². The summed E-state index contributed by atoms with van der Waals surface area (Å²) in [6, 6.07) is 12.7. The van der Waals surface area contributed by atoms with Crippen LogP contribution in [0.2, 0.25) is 0 Å². The Morgan fingerprint density at radius 1 is 1.17 bits per heavy atom. The number of fused-ring (bicyclic) bond motifs is 1. The molecule has 0 saturated carbocycles. The number of nitrogens with zero attached hydrogens (tertiary/aromatic N) is 3. The number of hydrogen-bond acceptors (Lipinski definition) is 4. The van der Waals surface area contributed by atoms with Gasteiger partial charge in [0.15, 0.2) is 0 Å². The van der Waals surface area contributed by atoms with Crippen molar-refractivity contribution in [1.82, 2.24) is 19.8 Å². The summed E-state index contributed by atoms with van der Waals surface area (Å²) in [5.41, 5.74) is 2.69. The molecule has 3 heterocycles. The molecule has 6 nitrogen and oxygen atoms in total. The van der Waals surface area contributed by atoms with Gasteiger partial charge in [-0.15, -0.1) is 0 Å². The van der Waals surface area contributed by atoms with E-state index in [-0.39, 0.29) is 5.91 Å². The molecule has 1 fully saturated rings. The molecule has 1 N–H and O–H groups in total. The van der Waals surface area contributed by atoms with E-state index in [0.717, 1.165) is 42.6 Å². The Hall–Kier alpha value is -2.70. The van der Waals surface area contributed by atoms with Gasteiger partial charge in [0.2, 0.25) is 0 Å². The van der Waals surface area contributed by atoms with Crippen LogP contribution in [0.1, 0.15) is 30.1 Å². The molecule has 1 aliphatic rings. The third-order valence-electron chi connectivity index (χ3n) is 5.90. The number of amides is 1. The fourth-order valence-corrected chi connectivity index (χ4v) is 4.09. The maximum Gasteiger partial charge on any atom is 0.253 e. The van der Waals surface area contributed by atoms with Crippen LogP contribution in [0, 0.1) is 0 Å². The quantitative estimate of drug-likeness (QED) is 0.700. The second-order valence-electron chi connectivity index (χ2n) is 7.60. The zero-order valence-corrected chi connectivity index (χ0v) is 17.0. The zero-order valence-electron chi connectivity index (χ0n) is 17.0. The lowest BCUT2D eigenvalue weighted by atomic mass is 10.1. The Morgan fingerprint density at radius 2 is 1.93 bits per heavy atom. The van der Waals surface area contributed by atoms with Crippen molar-refractivity contribution < 1.29 is 9.53 Å². The number of carbonyl (C=O) groups excluding carboxylic acids is 1. The van der Waals surface area contributed by atoms with E-state index < -0.39 is 0 Å². The number of carbonyl (C=O) groups is 1. The van der Waals surface area contributed by atoms with Crippen molar-refractivity contribution in [3.8, 4) is 5.69 Å². The van der Waals surface area contributed by atoms with Crippen LogP contribution in [0.15, 0.2) is 55.0 Å². The van der Waals surface area contributed by atoms with Gasteiger partial charge in [-0.1, -0.05) is 25.1 Å². The normalized spacial score (nSPS) is 20.1. The van der Waals surface area contributed by atoms with E-state index in [9.17, 15) is 4.79 Å². The second-order valence-corrected chi connectivity index (χ2v) is 7.60. The fraction of sp³-hybridized carbons (Fsp3) is 0.391. The molecule has 0 aliphatic carbocycles. The molecule has 29 heavy (non-hydrogen) atoms. The number of aromatic nitrogens is 2. The molecule has 0 unspecified atom stereocenters. The van der Waals surface area contributed by atoms with Gasteiger partial charge in [-0.05, 0) is 38.1 Å². The van der Waals surface area contributed by atoms with Gasteiger partial charge in [-0.2, -0.15) is 0 Å². The highest BCUT2D eigenvalue weighted by molar-refractivity contribution is 6.07. The van der Waals surface area contributed by atoms with Crippen LogP contribution in [0.4, 0.5) is 0 Å². The van der Waals surface area contributed by atoms with Gasteiger partial charge in [0, 0.05) is 48.3 Å². The summed E-state index contributed by atoms with van der Waals surface area (Å²) in [7, 11) is 2.16. The molecule has 1 aromatic carbocycles. The molecule has 1 amide bonds. The van der Waals surface area contributed by atoms with E-state index >= 15 is 0 Å². The average Bonchev–Trinajstić information content (AvgIpc) is 3.15. The SMILES string of the molecule is CC[C@H]1COC[C@H](CCNC(=O)c2cn(-c3ccncc3)c3ccccc23)N1C. The number of rotatable bonds is 6. The third kappa shape index (κ3) is 4.04. The number of para-hydroxylation sites is 1. The van der Waals surface area contributed by atoms with Gasteiger partial charge in [-0.25, -0.2) is 0 Å². The van der Waals surface area contributed by atoms with Crippen molar-refractivity contribution in [1.29, 1.82) is 0 Å². The maximum atomic E-state index is 13.0. The molecule has 2 aromatic heterocycles. The summed E-state index contributed by atoms with van der Waals surface area (Å²) in [6.07, 6.45) is 7.39. The Labute approximate surface area is 171 Å². The molecule has 2 atom stereocenters.